The van der Waals surface area contributed by atoms with Gasteiger partial charge in [-0.05, 0) is 48.0 Å². The Morgan fingerprint density at radius 1 is 1.03 bits per heavy atom. The highest BCUT2D eigenvalue weighted by Crippen LogP contribution is 2.47. The molecule has 0 radical (unpaired) electrons. The van der Waals surface area contributed by atoms with Crippen LogP contribution in [0.4, 0.5) is 22.4 Å². The number of likely N-dealkylation sites (N-methyl/N-ethyl adjacent to an activating group) is 1. The average Bonchev–Trinajstić information content (AvgIpc) is 3.49. The first kappa shape index (κ1) is 25.9. The lowest BCUT2D eigenvalue weighted by Gasteiger charge is -2.31. The van der Waals surface area contributed by atoms with Gasteiger partial charge in [0, 0.05) is 35.1 Å². The van der Waals surface area contributed by atoms with Crippen LogP contribution in [0.1, 0.15) is 11.1 Å². The SMILES string of the molecule is CN(C(N)=O)C(=O)Cn1cc(C(O)(c2ccc3c(cnn3-c3ccc(F)cc3)c2)C(F)(F)F)c2ccccc21. The second kappa shape index (κ2) is 9.24. The first-order valence-corrected chi connectivity index (χ1v) is 11.6. The van der Waals surface area contributed by atoms with Gasteiger partial charge in [-0.1, -0.05) is 24.3 Å². The largest absolute Gasteiger partial charge is 0.425 e. The number of urea groups is 1. The first-order valence-electron chi connectivity index (χ1n) is 11.6. The van der Waals surface area contributed by atoms with E-state index in [0.29, 0.717) is 21.5 Å². The molecule has 2 aromatic heterocycles. The lowest BCUT2D eigenvalue weighted by molar-refractivity contribution is -0.247. The number of carbonyl (C=O) groups is 2. The summed E-state index contributed by atoms with van der Waals surface area (Å²) in [5.41, 5.74) is 1.90. The van der Waals surface area contributed by atoms with Gasteiger partial charge >= 0.3 is 12.2 Å². The molecule has 0 saturated heterocycles. The number of rotatable bonds is 5. The number of para-hydroxylation sites is 1. The Balaban J connectivity index is 1.66. The number of aromatic nitrogens is 3. The molecular formula is C27H21F4N5O3. The third-order valence-electron chi connectivity index (χ3n) is 6.66. The number of amides is 3. The molecule has 3 amide bonds. The Labute approximate surface area is 218 Å². The number of halogens is 4. The molecule has 0 aliphatic heterocycles. The van der Waals surface area contributed by atoms with Crippen LogP contribution in [0.5, 0.6) is 0 Å². The number of carbonyl (C=O) groups excluding carboxylic acids is 2. The van der Waals surface area contributed by atoms with Gasteiger partial charge in [0.15, 0.2) is 0 Å². The van der Waals surface area contributed by atoms with Gasteiger partial charge < -0.3 is 15.4 Å². The van der Waals surface area contributed by atoms with E-state index in [9.17, 15) is 32.3 Å². The Bertz CT molecular complexity index is 1730. The minimum absolute atomic E-state index is 0.0638. The van der Waals surface area contributed by atoms with Gasteiger partial charge in [0.1, 0.15) is 12.4 Å². The number of fused-ring (bicyclic) bond motifs is 2. The summed E-state index contributed by atoms with van der Waals surface area (Å²) in [5, 5.41) is 16.1. The van der Waals surface area contributed by atoms with Crippen LogP contribution in [0.3, 0.4) is 0 Å². The molecule has 200 valence electrons. The zero-order valence-corrected chi connectivity index (χ0v) is 20.4. The van der Waals surface area contributed by atoms with Crippen molar-refractivity contribution in [3.05, 3.63) is 96.1 Å². The number of imide groups is 1. The predicted molar refractivity (Wildman–Crippen MR) is 134 cm³/mol. The molecule has 0 bridgehead atoms. The van der Waals surface area contributed by atoms with Gasteiger partial charge in [0.2, 0.25) is 11.5 Å². The van der Waals surface area contributed by atoms with Gasteiger partial charge in [0.05, 0.1) is 17.4 Å². The monoisotopic (exact) mass is 539 g/mol. The van der Waals surface area contributed by atoms with E-state index in [-0.39, 0.29) is 10.9 Å². The Morgan fingerprint density at radius 2 is 1.72 bits per heavy atom. The maximum Gasteiger partial charge on any atom is 0.425 e. The van der Waals surface area contributed by atoms with E-state index in [2.05, 4.69) is 5.10 Å². The number of primary amides is 1. The van der Waals surface area contributed by atoms with E-state index < -0.39 is 47.2 Å². The van der Waals surface area contributed by atoms with Crippen LogP contribution in [0.2, 0.25) is 0 Å². The maximum absolute atomic E-state index is 14.8. The minimum atomic E-state index is -5.17. The van der Waals surface area contributed by atoms with Crippen LogP contribution in [-0.2, 0) is 16.9 Å². The molecule has 3 aromatic carbocycles. The molecule has 0 fully saturated rings. The fourth-order valence-electron chi connectivity index (χ4n) is 4.56. The number of alkyl halides is 3. The molecule has 1 unspecified atom stereocenters. The zero-order chi connectivity index (χ0) is 28.1. The fourth-order valence-corrected chi connectivity index (χ4v) is 4.56. The molecule has 0 aliphatic rings. The lowest BCUT2D eigenvalue weighted by Crippen LogP contribution is -2.43. The summed E-state index contributed by atoms with van der Waals surface area (Å²) in [7, 11) is 1.16. The van der Waals surface area contributed by atoms with Crippen LogP contribution >= 0.6 is 0 Å². The van der Waals surface area contributed by atoms with E-state index >= 15 is 0 Å². The van der Waals surface area contributed by atoms with Crippen LogP contribution in [-0.4, -0.2) is 49.5 Å². The van der Waals surface area contributed by atoms with Crippen molar-refractivity contribution < 1.29 is 32.3 Å². The fraction of sp³-hybridized carbons (Fsp3) is 0.148. The van der Waals surface area contributed by atoms with Crippen LogP contribution < -0.4 is 5.73 Å². The minimum Gasteiger partial charge on any atom is -0.372 e. The summed E-state index contributed by atoms with van der Waals surface area (Å²) in [6, 6.07) is 14.1. The third kappa shape index (κ3) is 4.28. The van der Waals surface area contributed by atoms with E-state index in [0.717, 1.165) is 19.3 Å². The lowest BCUT2D eigenvalue weighted by atomic mass is 9.85. The van der Waals surface area contributed by atoms with Gasteiger partial charge in [-0.3, -0.25) is 9.69 Å². The van der Waals surface area contributed by atoms with E-state index in [4.69, 9.17) is 5.73 Å². The van der Waals surface area contributed by atoms with Crippen molar-refractivity contribution in [2.75, 3.05) is 7.05 Å². The van der Waals surface area contributed by atoms with Crippen molar-refractivity contribution in [3.8, 4) is 5.69 Å². The standard InChI is InChI=1S/C27H21F4N5O3/c1-34(25(32)38)24(37)15-35-14-21(20-4-2-3-5-23(20)35)26(39,27(29,30)31)17-6-11-22-16(12-17)13-33-36(22)19-9-7-18(28)8-10-19/h2-14,39H,15H2,1H3,(H2,32,38). The van der Waals surface area contributed by atoms with E-state index in [1.54, 1.807) is 6.07 Å². The Hall–Kier alpha value is -4.71. The number of nitrogens with zero attached hydrogens (tertiary/aromatic N) is 4. The number of aliphatic hydroxyl groups is 1. The zero-order valence-electron chi connectivity index (χ0n) is 20.4. The highest BCUT2D eigenvalue weighted by atomic mass is 19.4. The average molecular weight is 539 g/mol. The van der Waals surface area contributed by atoms with Crippen molar-refractivity contribution in [1.29, 1.82) is 0 Å². The summed E-state index contributed by atoms with van der Waals surface area (Å²) in [6.07, 6.45) is -2.77. The predicted octanol–water partition coefficient (Wildman–Crippen LogP) is 4.45. The van der Waals surface area contributed by atoms with Crippen molar-refractivity contribution in [3.63, 3.8) is 0 Å². The molecule has 39 heavy (non-hydrogen) atoms. The number of benzene rings is 3. The summed E-state index contributed by atoms with van der Waals surface area (Å²) < 4.78 is 60.3. The summed E-state index contributed by atoms with van der Waals surface area (Å²) in [5.74, 6) is -1.20. The molecule has 0 saturated carbocycles. The molecule has 3 N–H and O–H groups in total. The molecule has 2 heterocycles. The van der Waals surface area contributed by atoms with Gasteiger partial charge in [-0.15, -0.1) is 0 Å². The summed E-state index contributed by atoms with van der Waals surface area (Å²) in [4.78, 5) is 24.5. The smallest absolute Gasteiger partial charge is 0.372 e. The van der Waals surface area contributed by atoms with Crippen molar-refractivity contribution in [1.82, 2.24) is 19.2 Å². The van der Waals surface area contributed by atoms with Crippen LogP contribution in [0, 0.1) is 5.82 Å². The summed E-state index contributed by atoms with van der Waals surface area (Å²) in [6.45, 7) is -0.489. The topological polar surface area (TPSA) is 106 Å². The number of nitrogens with two attached hydrogens (primary N) is 1. The second-order valence-corrected chi connectivity index (χ2v) is 8.99. The first-order chi connectivity index (χ1) is 18.4. The van der Waals surface area contributed by atoms with Gasteiger partial charge in [-0.25, -0.2) is 13.9 Å². The van der Waals surface area contributed by atoms with Crippen molar-refractivity contribution >= 4 is 33.7 Å². The molecular weight excluding hydrogens is 518 g/mol. The van der Waals surface area contributed by atoms with Crippen LogP contribution in [0.25, 0.3) is 27.5 Å². The van der Waals surface area contributed by atoms with E-state index in [1.807, 2.05) is 0 Å². The second-order valence-electron chi connectivity index (χ2n) is 8.99. The van der Waals surface area contributed by atoms with Crippen LogP contribution in [0.15, 0.2) is 79.1 Å². The Morgan fingerprint density at radius 3 is 2.38 bits per heavy atom. The molecule has 0 aliphatic carbocycles. The van der Waals surface area contributed by atoms with E-state index in [1.165, 1.54) is 70.0 Å². The third-order valence-corrected chi connectivity index (χ3v) is 6.66. The molecule has 8 nitrogen and oxygen atoms in total. The highest BCUT2D eigenvalue weighted by Gasteiger charge is 2.57. The molecule has 1 atom stereocenters. The molecule has 5 aromatic rings. The van der Waals surface area contributed by atoms with Gasteiger partial charge in [-0.2, -0.15) is 18.3 Å². The molecule has 0 spiro atoms. The van der Waals surface area contributed by atoms with Crippen molar-refractivity contribution in [2.45, 2.75) is 18.3 Å². The quantitative estimate of drug-likeness (QED) is 0.322. The summed E-state index contributed by atoms with van der Waals surface area (Å²) >= 11 is 0. The normalized spacial score (nSPS) is 13.5. The number of hydrogen-bond acceptors (Lipinski definition) is 4. The molecule has 5 rings (SSSR count). The highest BCUT2D eigenvalue weighted by molar-refractivity contribution is 5.94. The number of hydrogen-bond donors (Lipinski definition) is 2. The maximum atomic E-state index is 14.8. The van der Waals surface area contributed by atoms with Gasteiger partial charge in [0.25, 0.3) is 0 Å². The Kier molecular flexibility index (Phi) is 6.14. The molecule has 12 heteroatoms. The van der Waals surface area contributed by atoms with Crippen molar-refractivity contribution in [2.24, 2.45) is 5.73 Å².